The summed E-state index contributed by atoms with van der Waals surface area (Å²) in [6, 6.07) is 1.27. The molecule has 0 heterocycles. The number of carboxylic acids is 1. The Morgan fingerprint density at radius 1 is 1.47 bits per heavy atom. The van der Waals surface area contributed by atoms with Crippen LogP contribution in [0.3, 0.4) is 0 Å². The molecule has 0 aromatic heterocycles. The van der Waals surface area contributed by atoms with Gasteiger partial charge >= 0.3 is 5.97 Å². The second kappa shape index (κ2) is 5.14. The van der Waals surface area contributed by atoms with Gasteiger partial charge in [0.25, 0.3) is 5.91 Å². The van der Waals surface area contributed by atoms with E-state index in [1.807, 2.05) is 0 Å². The van der Waals surface area contributed by atoms with Crippen LogP contribution >= 0.6 is 11.6 Å². The fraction of sp³-hybridized carbons (Fsp3) is 0.273. The lowest BCUT2D eigenvalue weighted by atomic mass is 10.1. The van der Waals surface area contributed by atoms with Crippen LogP contribution in [0.25, 0.3) is 0 Å². The zero-order chi connectivity index (χ0) is 13.2. The summed E-state index contributed by atoms with van der Waals surface area (Å²) in [7, 11) is 0. The number of carbonyl (C=O) groups is 2. The van der Waals surface area contributed by atoms with Crippen molar-refractivity contribution in [3.8, 4) is 0 Å². The molecule has 0 saturated carbocycles. The van der Waals surface area contributed by atoms with E-state index in [4.69, 9.17) is 16.7 Å². The molecule has 4 nitrogen and oxygen atoms in total. The highest BCUT2D eigenvalue weighted by Crippen LogP contribution is 2.20. The lowest BCUT2D eigenvalue weighted by Crippen LogP contribution is -2.38. The Morgan fingerprint density at radius 3 is 2.59 bits per heavy atom. The zero-order valence-corrected chi connectivity index (χ0v) is 10.0. The van der Waals surface area contributed by atoms with Gasteiger partial charge in [0.15, 0.2) is 0 Å². The number of rotatable bonds is 3. The van der Waals surface area contributed by atoms with Crippen molar-refractivity contribution < 1.29 is 19.1 Å². The average molecular weight is 260 g/mol. The summed E-state index contributed by atoms with van der Waals surface area (Å²) in [5.74, 6) is -2.32. The topological polar surface area (TPSA) is 66.4 Å². The Labute approximate surface area is 102 Å². The maximum Gasteiger partial charge on any atom is 0.325 e. The molecular weight excluding hydrogens is 249 g/mol. The maximum absolute atomic E-state index is 13.1. The van der Waals surface area contributed by atoms with E-state index in [1.54, 1.807) is 0 Å². The molecule has 0 fully saturated rings. The van der Waals surface area contributed by atoms with Gasteiger partial charge in [-0.05, 0) is 31.5 Å². The third-order valence-corrected chi connectivity index (χ3v) is 2.52. The number of carboxylic acid groups (broad SMARTS) is 1. The van der Waals surface area contributed by atoms with Gasteiger partial charge in [-0.1, -0.05) is 11.6 Å². The van der Waals surface area contributed by atoms with E-state index >= 15 is 0 Å². The molecule has 0 spiro atoms. The Bertz CT molecular complexity index is 476. The van der Waals surface area contributed by atoms with E-state index < -0.39 is 23.7 Å². The molecule has 0 aliphatic heterocycles. The van der Waals surface area contributed by atoms with Crippen LogP contribution in [0.4, 0.5) is 4.39 Å². The van der Waals surface area contributed by atoms with E-state index in [9.17, 15) is 14.0 Å². The Balaban J connectivity index is 2.97. The summed E-state index contributed by atoms with van der Waals surface area (Å²) in [5.41, 5.74) is 0.321. The quantitative estimate of drug-likeness (QED) is 0.872. The number of carbonyl (C=O) groups excluding carboxylic acids is 1. The smallest absolute Gasteiger partial charge is 0.325 e. The molecule has 92 valence electrons. The third-order valence-electron chi connectivity index (χ3n) is 2.21. The van der Waals surface area contributed by atoms with E-state index in [-0.39, 0.29) is 16.1 Å². The van der Waals surface area contributed by atoms with Crippen molar-refractivity contribution in [2.45, 2.75) is 19.9 Å². The molecule has 0 saturated heterocycles. The Hall–Kier alpha value is -1.62. The first-order valence-corrected chi connectivity index (χ1v) is 5.20. The zero-order valence-electron chi connectivity index (χ0n) is 9.25. The number of amides is 1. The first kappa shape index (κ1) is 13.4. The van der Waals surface area contributed by atoms with Crippen LogP contribution in [0.1, 0.15) is 22.8 Å². The van der Waals surface area contributed by atoms with Crippen molar-refractivity contribution >= 4 is 23.5 Å². The number of aryl methyl sites for hydroxylation is 1. The highest BCUT2D eigenvalue weighted by molar-refractivity contribution is 6.33. The minimum atomic E-state index is -1.16. The molecule has 1 amide bonds. The van der Waals surface area contributed by atoms with E-state index in [2.05, 4.69) is 5.32 Å². The molecule has 17 heavy (non-hydrogen) atoms. The lowest BCUT2D eigenvalue weighted by molar-refractivity contribution is -0.138. The van der Waals surface area contributed by atoms with Crippen LogP contribution < -0.4 is 5.32 Å². The number of nitrogens with one attached hydrogen (secondary N) is 1. The van der Waals surface area contributed by atoms with E-state index in [1.165, 1.54) is 19.9 Å². The number of halogens is 2. The maximum atomic E-state index is 13.1. The molecule has 0 aliphatic rings. The molecule has 1 aromatic rings. The summed E-state index contributed by atoms with van der Waals surface area (Å²) >= 11 is 5.71. The van der Waals surface area contributed by atoms with Gasteiger partial charge in [-0.15, -0.1) is 0 Å². The molecule has 1 rings (SSSR count). The minimum Gasteiger partial charge on any atom is -0.480 e. The van der Waals surface area contributed by atoms with Gasteiger partial charge in [-0.2, -0.15) is 0 Å². The van der Waals surface area contributed by atoms with Gasteiger partial charge in [0, 0.05) is 0 Å². The molecule has 0 radical (unpaired) electrons. The Morgan fingerprint density at radius 2 is 2.06 bits per heavy atom. The predicted molar refractivity (Wildman–Crippen MR) is 60.7 cm³/mol. The van der Waals surface area contributed by atoms with Gasteiger partial charge in [0.2, 0.25) is 0 Å². The second-order valence-corrected chi connectivity index (χ2v) is 4.02. The molecule has 0 aliphatic carbocycles. The summed E-state index contributed by atoms with van der Waals surface area (Å²) in [5, 5.41) is 10.8. The van der Waals surface area contributed by atoms with Gasteiger partial charge in [-0.25, -0.2) is 4.39 Å². The highest BCUT2D eigenvalue weighted by Gasteiger charge is 2.18. The Kier molecular flexibility index (Phi) is 4.07. The molecule has 0 bridgehead atoms. The molecular formula is C11H11ClFNO3. The van der Waals surface area contributed by atoms with Crippen LogP contribution in [-0.4, -0.2) is 23.0 Å². The number of hydrogen-bond donors (Lipinski definition) is 2. The van der Waals surface area contributed by atoms with Crippen LogP contribution in [0.15, 0.2) is 12.1 Å². The average Bonchev–Trinajstić information content (AvgIpc) is 2.22. The summed E-state index contributed by atoms with van der Waals surface area (Å²) < 4.78 is 13.1. The summed E-state index contributed by atoms with van der Waals surface area (Å²) in [4.78, 5) is 22.2. The summed E-state index contributed by atoms with van der Waals surface area (Å²) in [6.45, 7) is 2.81. The fourth-order valence-electron chi connectivity index (χ4n) is 1.17. The second-order valence-electron chi connectivity index (χ2n) is 3.61. The lowest BCUT2D eigenvalue weighted by Gasteiger charge is -2.11. The van der Waals surface area contributed by atoms with Crippen molar-refractivity contribution in [3.63, 3.8) is 0 Å². The van der Waals surface area contributed by atoms with Crippen LogP contribution in [0.5, 0.6) is 0 Å². The van der Waals surface area contributed by atoms with Crippen molar-refractivity contribution in [2.75, 3.05) is 0 Å². The van der Waals surface area contributed by atoms with Crippen molar-refractivity contribution in [1.82, 2.24) is 5.32 Å². The van der Waals surface area contributed by atoms with Gasteiger partial charge in [0.1, 0.15) is 11.9 Å². The monoisotopic (exact) mass is 259 g/mol. The van der Waals surface area contributed by atoms with E-state index in [0.29, 0.717) is 0 Å². The number of hydrogen-bond acceptors (Lipinski definition) is 2. The fourth-order valence-corrected chi connectivity index (χ4v) is 1.40. The molecule has 1 atom stereocenters. The predicted octanol–water partition coefficient (Wildman–Crippen LogP) is 1.99. The van der Waals surface area contributed by atoms with Crippen molar-refractivity contribution in [3.05, 3.63) is 34.1 Å². The van der Waals surface area contributed by atoms with Crippen LogP contribution in [0, 0.1) is 12.7 Å². The largest absolute Gasteiger partial charge is 0.480 e. The van der Waals surface area contributed by atoms with Crippen LogP contribution in [0.2, 0.25) is 5.02 Å². The first-order valence-electron chi connectivity index (χ1n) is 4.82. The van der Waals surface area contributed by atoms with Gasteiger partial charge in [-0.3, -0.25) is 9.59 Å². The van der Waals surface area contributed by atoms with Gasteiger partial charge in [0.05, 0.1) is 10.6 Å². The highest BCUT2D eigenvalue weighted by atomic mass is 35.5. The molecule has 1 aromatic carbocycles. The van der Waals surface area contributed by atoms with Crippen molar-refractivity contribution in [1.29, 1.82) is 0 Å². The molecule has 2 N–H and O–H groups in total. The van der Waals surface area contributed by atoms with Crippen molar-refractivity contribution in [2.24, 2.45) is 0 Å². The number of aliphatic carboxylic acids is 1. The first-order chi connectivity index (χ1) is 7.82. The number of benzene rings is 1. The summed E-state index contributed by atoms with van der Waals surface area (Å²) in [6.07, 6.45) is 0. The normalized spacial score (nSPS) is 12.0. The molecule has 0 unspecified atom stereocenters. The third kappa shape index (κ3) is 3.17. The van der Waals surface area contributed by atoms with E-state index in [0.717, 1.165) is 6.07 Å². The van der Waals surface area contributed by atoms with Crippen LogP contribution in [-0.2, 0) is 4.79 Å². The molecule has 6 heteroatoms. The standard InChI is InChI=1S/C11H11ClFNO3/c1-5-3-7(8(12)4-9(5)13)10(15)14-6(2)11(16)17/h3-4,6H,1-2H3,(H,14,15)(H,16,17)/t6-/m0/s1. The minimum absolute atomic E-state index is 0.0526. The van der Waals surface area contributed by atoms with Gasteiger partial charge < -0.3 is 10.4 Å². The SMILES string of the molecule is Cc1cc(C(=O)N[C@@H](C)C(=O)O)c(Cl)cc1F.